The first-order valence-electron chi connectivity index (χ1n) is 6.71. The van der Waals surface area contributed by atoms with Crippen molar-refractivity contribution in [2.24, 2.45) is 0 Å². The lowest BCUT2D eigenvalue weighted by molar-refractivity contribution is -0.120. The Morgan fingerprint density at radius 3 is 2.91 bits per heavy atom. The number of nitrogens with zero attached hydrogens (tertiary/aromatic N) is 3. The molecule has 2 aliphatic rings. The Hall–Kier alpha value is -2.42. The van der Waals surface area contributed by atoms with E-state index in [-0.39, 0.29) is 11.1 Å². The lowest BCUT2D eigenvalue weighted by Gasteiger charge is -2.19. The van der Waals surface area contributed by atoms with Gasteiger partial charge in [-0.3, -0.25) is 19.7 Å². The first kappa shape index (κ1) is 14.5. The zero-order valence-electron chi connectivity index (χ0n) is 11.5. The second-order valence-electron chi connectivity index (χ2n) is 4.72. The molecule has 22 heavy (non-hydrogen) atoms. The number of carbonyl (C=O) groups is 3. The number of rotatable bonds is 2. The minimum absolute atomic E-state index is 0.0123. The topological polar surface area (TPSA) is 104 Å². The van der Waals surface area contributed by atoms with E-state index in [0.29, 0.717) is 42.6 Å². The number of aromatic nitrogens is 2. The van der Waals surface area contributed by atoms with Crippen molar-refractivity contribution in [3.05, 3.63) is 22.9 Å². The first-order valence-corrected chi connectivity index (χ1v) is 7.53. The average molecular weight is 319 g/mol. The molecule has 3 heterocycles. The van der Waals surface area contributed by atoms with Crippen LogP contribution in [0.2, 0.25) is 0 Å². The van der Waals surface area contributed by atoms with Gasteiger partial charge >= 0.3 is 0 Å². The zero-order chi connectivity index (χ0) is 15.5. The highest BCUT2D eigenvalue weighted by Crippen LogP contribution is 2.25. The van der Waals surface area contributed by atoms with Crippen molar-refractivity contribution in [3.8, 4) is 0 Å². The van der Waals surface area contributed by atoms with Crippen molar-refractivity contribution in [1.29, 1.82) is 0 Å². The highest BCUT2D eigenvalue weighted by atomic mass is 32.2. The summed E-state index contributed by atoms with van der Waals surface area (Å²) in [6.07, 6.45) is 3.53. The Kier molecular flexibility index (Phi) is 4.05. The van der Waals surface area contributed by atoms with Crippen LogP contribution in [0.3, 0.4) is 0 Å². The van der Waals surface area contributed by atoms with E-state index in [9.17, 15) is 14.4 Å². The fourth-order valence-electron chi connectivity index (χ4n) is 2.12. The van der Waals surface area contributed by atoms with E-state index in [4.69, 9.17) is 0 Å². The normalized spacial score (nSPS) is 20.8. The van der Waals surface area contributed by atoms with Crippen LogP contribution >= 0.6 is 11.8 Å². The third-order valence-electron chi connectivity index (χ3n) is 3.18. The quantitative estimate of drug-likeness (QED) is 0.746. The van der Waals surface area contributed by atoms with Crippen LogP contribution in [0.25, 0.3) is 6.08 Å². The summed E-state index contributed by atoms with van der Waals surface area (Å²) >= 11 is 0.846. The third kappa shape index (κ3) is 3.25. The summed E-state index contributed by atoms with van der Waals surface area (Å²) in [5.74, 6) is 0.0959. The molecule has 0 unspecified atom stereocenters. The molecule has 2 saturated heterocycles. The molecule has 8 nitrogen and oxygen atoms in total. The SMILES string of the molecule is O=C1CCN(c2nccc(/C=C3\SC(=O)NC3=O)n2)CCN1. The molecule has 3 rings (SSSR count). The number of hydrogen-bond acceptors (Lipinski definition) is 7. The molecular formula is C13H13N5O3S. The van der Waals surface area contributed by atoms with Gasteiger partial charge in [0.15, 0.2) is 0 Å². The van der Waals surface area contributed by atoms with E-state index in [0.717, 1.165) is 11.8 Å². The van der Waals surface area contributed by atoms with Gasteiger partial charge in [-0.15, -0.1) is 0 Å². The van der Waals surface area contributed by atoms with Gasteiger partial charge in [-0.25, -0.2) is 9.97 Å². The van der Waals surface area contributed by atoms with Gasteiger partial charge in [0.1, 0.15) is 0 Å². The van der Waals surface area contributed by atoms with Gasteiger partial charge in [-0.2, -0.15) is 0 Å². The van der Waals surface area contributed by atoms with Gasteiger partial charge < -0.3 is 10.2 Å². The van der Waals surface area contributed by atoms with Crippen LogP contribution in [-0.4, -0.2) is 46.7 Å². The van der Waals surface area contributed by atoms with Gasteiger partial charge in [0.2, 0.25) is 11.9 Å². The summed E-state index contributed by atoms with van der Waals surface area (Å²) < 4.78 is 0. The van der Waals surface area contributed by atoms with Crippen LogP contribution in [0.1, 0.15) is 12.1 Å². The van der Waals surface area contributed by atoms with Gasteiger partial charge in [0.25, 0.3) is 11.1 Å². The molecule has 0 spiro atoms. The smallest absolute Gasteiger partial charge is 0.290 e. The number of anilines is 1. The summed E-state index contributed by atoms with van der Waals surface area (Å²) in [7, 11) is 0. The lowest BCUT2D eigenvalue weighted by Crippen LogP contribution is -2.29. The minimum Gasteiger partial charge on any atom is -0.354 e. The maximum absolute atomic E-state index is 11.5. The van der Waals surface area contributed by atoms with Gasteiger partial charge in [0, 0.05) is 32.3 Å². The molecule has 2 fully saturated rings. The Balaban J connectivity index is 1.80. The number of nitrogens with one attached hydrogen (secondary N) is 2. The number of thioether (sulfide) groups is 1. The molecule has 1 aromatic heterocycles. The Morgan fingerprint density at radius 1 is 1.27 bits per heavy atom. The second kappa shape index (κ2) is 6.14. The van der Waals surface area contributed by atoms with Gasteiger partial charge in [-0.05, 0) is 23.9 Å². The molecule has 9 heteroatoms. The molecule has 0 aromatic carbocycles. The predicted octanol–water partition coefficient (Wildman–Crippen LogP) is 0.127. The molecular weight excluding hydrogens is 306 g/mol. The molecule has 0 radical (unpaired) electrons. The number of amides is 3. The third-order valence-corrected chi connectivity index (χ3v) is 3.99. The first-order chi connectivity index (χ1) is 10.6. The Labute approximate surface area is 130 Å². The van der Waals surface area contributed by atoms with E-state index in [2.05, 4.69) is 20.6 Å². The Bertz CT molecular complexity index is 675. The van der Waals surface area contributed by atoms with E-state index >= 15 is 0 Å². The fourth-order valence-corrected chi connectivity index (χ4v) is 2.78. The van der Waals surface area contributed by atoms with Crippen LogP contribution in [-0.2, 0) is 9.59 Å². The van der Waals surface area contributed by atoms with Crippen LogP contribution in [0.5, 0.6) is 0 Å². The molecule has 114 valence electrons. The standard InChI is InChI=1S/C13H13N5O3S/c19-10-2-5-18(6-4-14-10)12-15-3-1-8(16-12)7-9-11(20)17-13(21)22-9/h1,3,7H,2,4-6H2,(H,14,19)(H,17,20,21)/b9-7-. The van der Waals surface area contributed by atoms with E-state index < -0.39 is 5.91 Å². The molecule has 2 aliphatic heterocycles. The highest BCUT2D eigenvalue weighted by Gasteiger charge is 2.25. The zero-order valence-corrected chi connectivity index (χ0v) is 12.4. The van der Waals surface area contributed by atoms with Crippen LogP contribution in [0.15, 0.2) is 17.2 Å². The Morgan fingerprint density at radius 2 is 2.14 bits per heavy atom. The largest absolute Gasteiger partial charge is 0.354 e. The molecule has 0 atom stereocenters. The van der Waals surface area contributed by atoms with Crippen LogP contribution in [0, 0.1) is 0 Å². The maximum Gasteiger partial charge on any atom is 0.290 e. The number of carbonyl (C=O) groups excluding carboxylic acids is 3. The molecule has 2 N–H and O–H groups in total. The summed E-state index contributed by atoms with van der Waals surface area (Å²) in [5, 5.41) is 4.60. The second-order valence-corrected chi connectivity index (χ2v) is 5.74. The van der Waals surface area contributed by atoms with E-state index in [1.165, 1.54) is 0 Å². The van der Waals surface area contributed by atoms with Crippen molar-refractivity contribution in [1.82, 2.24) is 20.6 Å². The van der Waals surface area contributed by atoms with Crippen LogP contribution < -0.4 is 15.5 Å². The number of hydrogen-bond donors (Lipinski definition) is 2. The molecule has 0 bridgehead atoms. The van der Waals surface area contributed by atoms with Gasteiger partial charge in [0.05, 0.1) is 10.6 Å². The van der Waals surface area contributed by atoms with Crippen molar-refractivity contribution >= 4 is 40.8 Å². The molecule has 0 saturated carbocycles. The molecule has 1 aromatic rings. The lowest BCUT2D eigenvalue weighted by atomic mass is 10.3. The maximum atomic E-state index is 11.5. The van der Waals surface area contributed by atoms with Crippen molar-refractivity contribution in [2.45, 2.75) is 6.42 Å². The van der Waals surface area contributed by atoms with E-state index in [1.54, 1.807) is 18.3 Å². The highest BCUT2D eigenvalue weighted by molar-refractivity contribution is 8.18. The van der Waals surface area contributed by atoms with Crippen LogP contribution in [0.4, 0.5) is 10.7 Å². The monoisotopic (exact) mass is 319 g/mol. The van der Waals surface area contributed by atoms with Crippen molar-refractivity contribution < 1.29 is 14.4 Å². The number of imide groups is 1. The van der Waals surface area contributed by atoms with Gasteiger partial charge in [-0.1, -0.05) is 0 Å². The fraction of sp³-hybridized carbons (Fsp3) is 0.308. The minimum atomic E-state index is -0.417. The van der Waals surface area contributed by atoms with Crippen molar-refractivity contribution in [3.63, 3.8) is 0 Å². The average Bonchev–Trinajstić information content (AvgIpc) is 2.69. The molecule has 3 amide bonds. The summed E-state index contributed by atoms with van der Waals surface area (Å²) in [4.78, 5) is 44.8. The van der Waals surface area contributed by atoms with E-state index in [1.807, 2.05) is 4.90 Å². The summed E-state index contributed by atoms with van der Waals surface area (Å²) in [5.41, 5.74) is 0.542. The predicted molar refractivity (Wildman–Crippen MR) is 81.0 cm³/mol. The van der Waals surface area contributed by atoms with Crippen molar-refractivity contribution in [2.75, 3.05) is 24.5 Å². The molecule has 0 aliphatic carbocycles. The summed E-state index contributed by atoms with van der Waals surface area (Å²) in [6.45, 7) is 1.71. The summed E-state index contributed by atoms with van der Waals surface area (Å²) in [6, 6.07) is 1.66.